The SMILES string of the molecule is COC(C#N)c1cccc(OS(=O)(=O)c2ccccc2)c1. The molecular formula is C15H13NO4S. The largest absolute Gasteiger partial charge is 0.379 e. The second-order valence-corrected chi connectivity index (χ2v) is 5.71. The fourth-order valence-corrected chi connectivity index (χ4v) is 2.70. The Labute approximate surface area is 123 Å². The number of nitriles is 1. The summed E-state index contributed by atoms with van der Waals surface area (Å²) in [6.07, 6.45) is -0.770. The van der Waals surface area contributed by atoms with Crippen LogP contribution >= 0.6 is 0 Å². The van der Waals surface area contributed by atoms with Crippen LogP contribution in [0.2, 0.25) is 0 Å². The van der Waals surface area contributed by atoms with Crippen LogP contribution in [0, 0.1) is 11.3 Å². The maximum Gasteiger partial charge on any atom is 0.339 e. The van der Waals surface area contributed by atoms with Crippen LogP contribution in [-0.2, 0) is 14.9 Å². The van der Waals surface area contributed by atoms with Crippen LogP contribution in [0.1, 0.15) is 11.7 Å². The summed E-state index contributed by atoms with van der Waals surface area (Å²) in [6.45, 7) is 0. The first-order chi connectivity index (χ1) is 10.1. The van der Waals surface area contributed by atoms with E-state index in [1.165, 1.54) is 31.4 Å². The highest BCUT2D eigenvalue weighted by Gasteiger charge is 2.17. The van der Waals surface area contributed by atoms with Crippen molar-refractivity contribution in [2.24, 2.45) is 0 Å². The summed E-state index contributed by atoms with van der Waals surface area (Å²) in [5.74, 6) is 0.133. The van der Waals surface area contributed by atoms with Gasteiger partial charge in [-0.3, -0.25) is 0 Å². The fourth-order valence-electron chi connectivity index (χ4n) is 1.75. The van der Waals surface area contributed by atoms with E-state index in [2.05, 4.69) is 0 Å². The second-order valence-electron chi connectivity index (χ2n) is 4.17. The van der Waals surface area contributed by atoms with Gasteiger partial charge in [-0.05, 0) is 29.8 Å². The highest BCUT2D eigenvalue weighted by atomic mass is 32.2. The lowest BCUT2D eigenvalue weighted by molar-refractivity contribution is 0.148. The number of hydrogen-bond donors (Lipinski definition) is 0. The summed E-state index contributed by atoms with van der Waals surface area (Å²) in [4.78, 5) is 0.0685. The molecule has 0 aromatic heterocycles. The minimum absolute atomic E-state index is 0.0685. The summed E-state index contributed by atoms with van der Waals surface area (Å²) in [6, 6.07) is 16.1. The highest BCUT2D eigenvalue weighted by Crippen LogP contribution is 2.23. The summed E-state index contributed by atoms with van der Waals surface area (Å²) in [5, 5.41) is 8.95. The van der Waals surface area contributed by atoms with Crippen molar-refractivity contribution in [3.63, 3.8) is 0 Å². The lowest BCUT2D eigenvalue weighted by atomic mass is 10.1. The molecule has 108 valence electrons. The smallest absolute Gasteiger partial charge is 0.339 e. The zero-order valence-corrected chi connectivity index (χ0v) is 12.1. The molecule has 0 N–H and O–H groups in total. The Balaban J connectivity index is 2.29. The molecule has 6 heteroatoms. The van der Waals surface area contributed by atoms with Gasteiger partial charge in [0.1, 0.15) is 10.6 Å². The van der Waals surface area contributed by atoms with E-state index in [1.807, 2.05) is 6.07 Å². The lowest BCUT2D eigenvalue weighted by Gasteiger charge is -2.10. The number of benzene rings is 2. The highest BCUT2D eigenvalue weighted by molar-refractivity contribution is 7.87. The first kappa shape index (κ1) is 15.0. The van der Waals surface area contributed by atoms with Crippen LogP contribution in [0.3, 0.4) is 0 Å². The monoisotopic (exact) mass is 303 g/mol. The molecule has 5 nitrogen and oxygen atoms in total. The van der Waals surface area contributed by atoms with Crippen molar-refractivity contribution in [1.29, 1.82) is 5.26 Å². The third-order valence-corrected chi connectivity index (χ3v) is 4.01. The summed E-state index contributed by atoms with van der Waals surface area (Å²) < 4.78 is 34.3. The predicted octanol–water partition coefficient (Wildman–Crippen LogP) is 2.67. The van der Waals surface area contributed by atoms with E-state index in [0.29, 0.717) is 5.56 Å². The van der Waals surface area contributed by atoms with E-state index in [1.54, 1.807) is 30.3 Å². The topological polar surface area (TPSA) is 76.4 Å². The van der Waals surface area contributed by atoms with Gasteiger partial charge in [-0.15, -0.1) is 0 Å². The molecule has 0 fully saturated rings. The Morgan fingerprint density at radius 3 is 2.43 bits per heavy atom. The molecule has 0 heterocycles. The Bertz CT molecular complexity index is 751. The van der Waals surface area contributed by atoms with Crippen molar-refractivity contribution in [2.75, 3.05) is 7.11 Å². The minimum Gasteiger partial charge on any atom is -0.379 e. The van der Waals surface area contributed by atoms with Crippen LogP contribution < -0.4 is 4.18 Å². The molecule has 1 unspecified atom stereocenters. The lowest BCUT2D eigenvalue weighted by Crippen LogP contribution is -2.10. The van der Waals surface area contributed by atoms with Gasteiger partial charge in [0.15, 0.2) is 6.10 Å². The number of nitrogens with zero attached hydrogens (tertiary/aromatic N) is 1. The first-order valence-corrected chi connectivity index (χ1v) is 7.49. The van der Waals surface area contributed by atoms with Gasteiger partial charge >= 0.3 is 10.1 Å². The molecule has 1 atom stereocenters. The van der Waals surface area contributed by atoms with Crippen LogP contribution in [0.4, 0.5) is 0 Å². The van der Waals surface area contributed by atoms with E-state index in [9.17, 15) is 8.42 Å². The molecule has 0 spiro atoms. The average molecular weight is 303 g/mol. The minimum atomic E-state index is -3.89. The molecule has 0 aliphatic heterocycles. The van der Waals surface area contributed by atoms with Crippen molar-refractivity contribution >= 4 is 10.1 Å². The van der Waals surface area contributed by atoms with Gasteiger partial charge in [-0.2, -0.15) is 13.7 Å². The summed E-state index contributed by atoms with van der Waals surface area (Å²) >= 11 is 0. The van der Waals surface area contributed by atoms with Crippen LogP contribution in [-0.4, -0.2) is 15.5 Å². The molecule has 2 rings (SSSR count). The second kappa shape index (κ2) is 6.39. The number of methoxy groups -OCH3 is 1. The Morgan fingerprint density at radius 2 is 1.81 bits per heavy atom. The molecule has 2 aromatic carbocycles. The Kier molecular flexibility index (Phi) is 4.58. The maximum atomic E-state index is 12.1. The van der Waals surface area contributed by atoms with Gasteiger partial charge < -0.3 is 8.92 Å². The summed E-state index contributed by atoms with van der Waals surface area (Å²) in [5.41, 5.74) is 0.528. The third-order valence-electron chi connectivity index (χ3n) is 2.75. The molecular weight excluding hydrogens is 290 g/mol. The summed E-state index contributed by atoms with van der Waals surface area (Å²) in [7, 11) is -2.49. The van der Waals surface area contributed by atoms with Crippen LogP contribution in [0.15, 0.2) is 59.5 Å². The predicted molar refractivity (Wildman–Crippen MR) is 76.1 cm³/mol. The van der Waals surface area contributed by atoms with Crippen molar-refractivity contribution in [3.8, 4) is 11.8 Å². The molecule has 0 amide bonds. The molecule has 0 bridgehead atoms. The maximum absolute atomic E-state index is 12.1. The zero-order chi connectivity index (χ0) is 15.3. The average Bonchev–Trinajstić information content (AvgIpc) is 2.49. The van der Waals surface area contributed by atoms with Crippen LogP contribution in [0.25, 0.3) is 0 Å². The van der Waals surface area contributed by atoms with Gasteiger partial charge in [0.2, 0.25) is 0 Å². The molecule has 0 aliphatic carbocycles. The molecule has 2 aromatic rings. The number of ether oxygens (including phenoxy) is 1. The number of hydrogen-bond acceptors (Lipinski definition) is 5. The van der Waals surface area contributed by atoms with Crippen molar-refractivity contribution in [2.45, 2.75) is 11.0 Å². The van der Waals surface area contributed by atoms with Gasteiger partial charge in [0, 0.05) is 7.11 Å². The Hall–Kier alpha value is -2.36. The van der Waals surface area contributed by atoms with Crippen molar-refractivity contribution < 1.29 is 17.3 Å². The molecule has 0 saturated heterocycles. The van der Waals surface area contributed by atoms with Gasteiger partial charge in [0.25, 0.3) is 0 Å². The van der Waals surface area contributed by atoms with E-state index in [-0.39, 0.29) is 10.6 Å². The number of rotatable bonds is 5. The zero-order valence-electron chi connectivity index (χ0n) is 11.3. The van der Waals surface area contributed by atoms with Gasteiger partial charge in [0.05, 0.1) is 6.07 Å². The van der Waals surface area contributed by atoms with E-state index >= 15 is 0 Å². The fraction of sp³-hybridized carbons (Fsp3) is 0.133. The standard InChI is InChI=1S/C15H13NO4S/c1-19-15(11-16)12-6-5-7-13(10-12)20-21(17,18)14-8-3-2-4-9-14/h2-10,15H,1H3. The normalized spacial score (nSPS) is 12.4. The molecule has 0 radical (unpaired) electrons. The van der Waals surface area contributed by atoms with E-state index in [0.717, 1.165) is 0 Å². The van der Waals surface area contributed by atoms with Crippen molar-refractivity contribution in [3.05, 3.63) is 60.2 Å². The molecule has 0 aliphatic rings. The van der Waals surface area contributed by atoms with Crippen LogP contribution in [0.5, 0.6) is 5.75 Å². The third kappa shape index (κ3) is 3.60. The van der Waals surface area contributed by atoms with E-state index < -0.39 is 16.2 Å². The van der Waals surface area contributed by atoms with E-state index in [4.69, 9.17) is 14.2 Å². The van der Waals surface area contributed by atoms with Crippen molar-refractivity contribution in [1.82, 2.24) is 0 Å². The molecule has 0 saturated carbocycles. The van der Waals surface area contributed by atoms with Gasteiger partial charge in [-0.25, -0.2) is 0 Å². The van der Waals surface area contributed by atoms with Gasteiger partial charge in [-0.1, -0.05) is 30.3 Å². The molecule has 21 heavy (non-hydrogen) atoms. The first-order valence-electron chi connectivity index (χ1n) is 6.09. The Morgan fingerprint density at radius 1 is 1.10 bits per heavy atom. The quantitative estimate of drug-likeness (QED) is 0.794.